The van der Waals surface area contributed by atoms with Gasteiger partial charge in [-0.05, 0) is 56.0 Å². The lowest BCUT2D eigenvalue weighted by Crippen LogP contribution is -2.51. The molecule has 4 nitrogen and oxygen atoms in total. The van der Waals surface area contributed by atoms with E-state index in [2.05, 4.69) is 41.5 Å². The normalized spacial score (nSPS) is 26.3. The number of fused-ring (bicyclic) bond motifs is 4. The minimum absolute atomic E-state index is 0.0208. The number of amides is 2. The standard InChI is InChI=1S/C23H25N3O/c1-25-19-12-13-20(25)15-18(14-19)24-23(27)26-21-8-4-2-6-16(21)10-11-17-7-3-5-9-22(17)26/h2-11,18-20H,12-15H2,1H3,(H,24,27). The highest BCUT2D eigenvalue weighted by atomic mass is 16.2. The molecule has 27 heavy (non-hydrogen) atoms. The van der Waals surface area contributed by atoms with Gasteiger partial charge < -0.3 is 10.2 Å². The Morgan fingerprint density at radius 1 is 0.889 bits per heavy atom. The molecule has 0 aliphatic carbocycles. The number of anilines is 2. The van der Waals surface area contributed by atoms with Crippen LogP contribution in [0.5, 0.6) is 0 Å². The van der Waals surface area contributed by atoms with Crippen LogP contribution in [0.4, 0.5) is 16.2 Å². The molecule has 0 saturated carbocycles. The third-order valence-corrected chi connectivity index (χ3v) is 6.43. The number of benzene rings is 2. The third kappa shape index (κ3) is 2.85. The van der Waals surface area contributed by atoms with Gasteiger partial charge in [0, 0.05) is 18.1 Å². The molecule has 5 rings (SSSR count). The fraction of sp³-hybridized carbons (Fsp3) is 0.348. The van der Waals surface area contributed by atoms with Crippen LogP contribution in [0.1, 0.15) is 36.8 Å². The van der Waals surface area contributed by atoms with Gasteiger partial charge in [-0.15, -0.1) is 0 Å². The van der Waals surface area contributed by atoms with Crippen molar-refractivity contribution in [2.24, 2.45) is 0 Å². The van der Waals surface area contributed by atoms with Crippen LogP contribution in [0.25, 0.3) is 12.2 Å². The number of carbonyl (C=O) groups is 1. The maximum Gasteiger partial charge on any atom is 0.326 e. The van der Waals surface area contributed by atoms with Crippen molar-refractivity contribution < 1.29 is 4.79 Å². The van der Waals surface area contributed by atoms with Gasteiger partial charge in [-0.2, -0.15) is 0 Å². The van der Waals surface area contributed by atoms with E-state index in [4.69, 9.17) is 0 Å². The van der Waals surface area contributed by atoms with E-state index < -0.39 is 0 Å². The Labute approximate surface area is 160 Å². The molecule has 2 atom stereocenters. The summed E-state index contributed by atoms with van der Waals surface area (Å²) in [5.41, 5.74) is 4.00. The predicted molar refractivity (Wildman–Crippen MR) is 110 cm³/mol. The average Bonchev–Trinajstić information content (AvgIpc) is 2.87. The molecule has 2 amide bonds. The second kappa shape index (κ2) is 6.54. The Morgan fingerprint density at radius 2 is 1.41 bits per heavy atom. The molecule has 4 heteroatoms. The van der Waals surface area contributed by atoms with Crippen molar-refractivity contribution in [3.05, 3.63) is 59.7 Å². The highest BCUT2D eigenvalue weighted by Gasteiger charge is 2.39. The lowest BCUT2D eigenvalue weighted by Gasteiger charge is -2.37. The van der Waals surface area contributed by atoms with Crippen molar-refractivity contribution >= 4 is 29.6 Å². The van der Waals surface area contributed by atoms with Gasteiger partial charge >= 0.3 is 6.03 Å². The summed E-state index contributed by atoms with van der Waals surface area (Å²) in [7, 11) is 2.23. The molecule has 0 radical (unpaired) electrons. The molecule has 138 valence electrons. The van der Waals surface area contributed by atoms with E-state index in [0.717, 1.165) is 35.3 Å². The fourth-order valence-electron chi connectivity index (χ4n) is 4.96. The summed E-state index contributed by atoms with van der Waals surface area (Å²) in [6.07, 6.45) is 8.80. The van der Waals surface area contributed by atoms with Gasteiger partial charge in [0.25, 0.3) is 0 Å². The molecule has 2 bridgehead atoms. The van der Waals surface area contributed by atoms with Crippen LogP contribution in [0.3, 0.4) is 0 Å². The second-order valence-electron chi connectivity index (χ2n) is 7.95. The van der Waals surface area contributed by atoms with Gasteiger partial charge in [0.2, 0.25) is 0 Å². The SMILES string of the molecule is CN1C2CCC1CC(NC(=O)N1c3ccccc3C=Cc3ccccc31)C2. The average molecular weight is 359 g/mol. The van der Waals surface area contributed by atoms with E-state index in [1.54, 1.807) is 0 Å². The molecule has 0 aromatic heterocycles. The van der Waals surface area contributed by atoms with E-state index >= 15 is 0 Å². The molecule has 2 fully saturated rings. The number of para-hydroxylation sites is 2. The summed E-state index contributed by atoms with van der Waals surface area (Å²) < 4.78 is 0. The van der Waals surface area contributed by atoms with Gasteiger partial charge in [0.05, 0.1) is 11.4 Å². The highest BCUT2D eigenvalue weighted by Crippen LogP contribution is 2.37. The molecular formula is C23H25N3O. The number of carbonyl (C=O) groups excluding carboxylic acids is 1. The summed E-state index contributed by atoms with van der Waals surface area (Å²) in [4.78, 5) is 17.8. The summed E-state index contributed by atoms with van der Waals surface area (Å²) in [5.74, 6) is 0. The Bertz CT molecular complexity index is 843. The largest absolute Gasteiger partial charge is 0.335 e. The van der Waals surface area contributed by atoms with E-state index in [0.29, 0.717) is 12.1 Å². The number of nitrogens with one attached hydrogen (secondary N) is 1. The zero-order chi connectivity index (χ0) is 18.4. The first kappa shape index (κ1) is 16.6. The van der Waals surface area contributed by atoms with Crippen molar-refractivity contribution in [1.29, 1.82) is 0 Å². The smallest absolute Gasteiger partial charge is 0.326 e. The molecule has 3 aliphatic heterocycles. The molecule has 1 N–H and O–H groups in total. The zero-order valence-corrected chi connectivity index (χ0v) is 15.6. The van der Waals surface area contributed by atoms with Crippen LogP contribution < -0.4 is 10.2 Å². The first-order valence-corrected chi connectivity index (χ1v) is 9.89. The molecule has 2 aromatic rings. The number of urea groups is 1. The van der Waals surface area contributed by atoms with Gasteiger partial charge in [0.15, 0.2) is 0 Å². The van der Waals surface area contributed by atoms with E-state index in [1.165, 1.54) is 12.8 Å². The summed E-state index contributed by atoms with van der Waals surface area (Å²) in [6.45, 7) is 0. The number of rotatable bonds is 1. The van der Waals surface area contributed by atoms with Crippen molar-refractivity contribution in [1.82, 2.24) is 10.2 Å². The Hall–Kier alpha value is -2.59. The van der Waals surface area contributed by atoms with Crippen LogP contribution in [-0.2, 0) is 0 Å². The van der Waals surface area contributed by atoms with Crippen molar-refractivity contribution in [2.75, 3.05) is 11.9 Å². The number of piperidine rings is 1. The van der Waals surface area contributed by atoms with Crippen LogP contribution in [-0.4, -0.2) is 36.1 Å². The summed E-state index contributed by atoms with van der Waals surface area (Å²) >= 11 is 0. The fourth-order valence-corrected chi connectivity index (χ4v) is 4.96. The number of hydrogen-bond acceptors (Lipinski definition) is 2. The lowest BCUT2D eigenvalue weighted by molar-refractivity contribution is 0.150. The van der Waals surface area contributed by atoms with Crippen molar-refractivity contribution in [3.63, 3.8) is 0 Å². The molecule has 3 heterocycles. The van der Waals surface area contributed by atoms with Gasteiger partial charge in [-0.25, -0.2) is 4.79 Å². The minimum Gasteiger partial charge on any atom is -0.335 e. The Balaban J connectivity index is 1.47. The Morgan fingerprint density at radius 3 is 1.96 bits per heavy atom. The highest BCUT2D eigenvalue weighted by molar-refractivity contribution is 6.05. The number of hydrogen-bond donors (Lipinski definition) is 1. The van der Waals surface area contributed by atoms with Crippen LogP contribution in [0, 0.1) is 0 Å². The van der Waals surface area contributed by atoms with E-state index in [1.807, 2.05) is 41.3 Å². The predicted octanol–water partition coefficient (Wildman–Crippen LogP) is 4.64. The third-order valence-electron chi connectivity index (χ3n) is 6.43. The van der Waals surface area contributed by atoms with E-state index in [-0.39, 0.29) is 12.1 Å². The van der Waals surface area contributed by atoms with Gasteiger partial charge in [-0.3, -0.25) is 4.90 Å². The van der Waals surface area contributed by atoms with Crippen LogP contribution in [0.2, 0.25) is 0 Å². The first-order valence-electron chi connectivity index (χ1n) is 9.89. The van der Waals surface area contributed by atoms with Gasteiger partial charge in [0.1, 0.15) is 0 Å². The minimum atomic E-state index is -0.0208. The van der Waals surface area contributed by atoms with E-state index in [9.17, 15) is 4.79 Å². The number of nitrogens with zero attached hydrogens (tertiary/aromatic N) is 2. The molecule has 3 aliphatic rings. The summed E-state index contributed by atoms with van der Waals surface area (Å²) in [5, 5.41) is 3.35. The molecule has 2 aromatic carbocycles. The molecular weight excluding hydrogens is 334 g/mol. The molecule has 0 spiro atoms. The van der Waals surface area contributed by atoms with Crippen molar-refractivity contribution in [3.8, 4) is 0 Å². The summed E-state index contributed by atoms with van der Waals surface area (Å²) in [6, 6.07) is 17.7. The zero-order valence-electron chi connectivity index (χ0n) is 15.6. The molecule has 2 saturated heterocycles. The Kier molecular flexibility index (Phi) is 4.01. The second-order valence-corrected chi connectivity index (χ2v) is 7.95. The van der Waals surface area contributed by atoms with Crippen LogP contribution >= 0.6 is 0 Å². The molecule has 2 unspecified atom stereocenters. The van der Waals surface area contributed by atoms with Gasteiger partial charge in [-0.1, -0.05) is 48.6 Å². The van der Waals surface area contributed by atoms with Crippen molar-refractivity contribution in [2.45, 2.75) is 43.8 Å². The van der Waals surface area contributed by atoms with Crippen LogP contribution in [0.15, 0.2) is 48.5 Å². The first-order chi connectivity index (χ1) is 13.2. The topological polar surface area (TPSA) is 35.6 Å². The quantitative estimate of drug-likeness (QED) is 0.805. The maximum atomic E-state index is 13.4. The monoisotopic (exact) mass is 359 g/mol. The maximum absolute atomic E-state index is 13.4. The lowest BCUT2D eigenvalue weighted by atomic mass is 9.98.